The maximum Gasteiger partial charge on any atom is 0.156 e. The Labute approximate surface area is 138 Å². The number of rotatable bonds is 3. The van der Waals surface area contributed by atoms with E-state index in [9.17, 15) is 0 Å². The molecule has 3 aromatic rings. The third-order valence-electron chi connectivity index (χ3n) is 3.60. The summed E-state index contributed by atoms with van der Waals surface area (Å²) < 4.78 is 7.14. The number of halogens is 2. The topological polar surface area (TPSA) is 52.5 Å². The number of nitrogens with two attached hydrogens (primary N) is 1. The number of hydrogen-bond acceptors (Lipinski definition) is 3. The molecule has 0 aliphatic heterocycles. The number of ether oxygens (including phenoxy) is 1. The molecular weight excluding hydrogens is 321 g/mol. The Morgan fingerprint density at radius 1 is 1.27 bits per heavy atom. The van der Waals surface area contributed by atoms with Gasteiger partial charge in [-0.1, -0.05) is 23.2 Å². The number of nitrogens with zero attached hydrogens (tertiary/aromatic N) is 2. The minimum Gasteiger partial charge on any atom is -0.496 e. The molecule has 1 aromatic carbocycles. The summed E-state index contributed by atoms with van der Waals surface area (Å²) in [6, 6.07) is 7.58. The summed E-state index contributed by atoms with van der Waals surface area (Å²) in [6.45, 7) is 2.32. The second kappa shape index (κ2) is 5.80. The van der Waals surface area contributed by atoms with Crippen LogP contribution in [0.2, 0.25) is 10.0 Å². The average molecular weight is 336 g/mol. The van der Waals surface area contributed by atoms with Crippen LogP contribution < -0.4 is 10.5 Å². The van der Waals surface area contributed by atoms with Gasteiger partial charge in [-0.2, -0.15) is 0 Å². The standard InChI is InChI=1S/C16H15Cl2N3O/c1-9-5-10(3-4-14(9)22-2)15-13(7-19)21-8-11(17)6-12(18)16(21)20-15/h3-6,8H,7,19H2,1-2H3. The van der Waals surface area contributed by atoms with Gasteiger partial charge in [-0.3, -0.25) is 4.40 Å². The first-order chi connectivity index (χ1) is 10.5. The number of pyridine rings is 1. The van der Waals surface area contributed by atoms with E-state index in [1.54, 1.807) is 19.4 Å². The maximum atomic E-state index is 6.24. The largest absolute Gasteiger partial charge is 0.496 e. The molecule has 2 heterocycles. The molecule has 0 amide bonds. The average Bonchev–Trinajstić information content (AvgIpc) is 2.85. The van der Waals surface area contributed by atoms with Crippen molar-refractivity contribution in [2.24, 2.45) is 5.73 Å². The van der Waals surface area contributed by atoms with Gasteiger partial charge in [-0.05, 0) is 36.8 Å². The van der Waals surface area contributed by atoms with Crippen LogP contribution in [0.1, 0.15) is 11.3 Å². The summed E-state index contributed by atoms with van der Waals surface area (Å²) >= 11 is 12.3. The van der Waals surface area contributed by atoms with Gasteiger partial charge in [0.2, 0.25) is 0 Å². The molecule has 0 radical (unpaired) electrons. The van der Waals surface area contributed by atoms with Crippen LogP contribution in [0.4, 0.5) is 0 Å². The van der Waals surface area contributed by atoms with Crippen molar-refractivity contribution < 1.29 is 4.74 Å². The lowest BCUT2D eigenvalue weighted by atomic mass is 10.1. The van der Waals surface area contributed by atoms with Gasteiger partial charge in [0.25, 0.3) is 0 Å². The Kier molecular flexibility index (Phi) is 4.00. The molecule has 0 fully saturated rings. The van der Waals surface area contributed by atoms with Crippen molar-refractivity contribution in [3.63, 3.8) is 0 Å². The lowest BCUT2D eigenvalue weighted by Gasteiger charge is -2.07. The highest BCUT2D eigenvalue weighted by molar-refractivity contribution is 6.36. The third kappa shape index (κ3) is 2.43. The van der Waals surface area contributed by atoms with Crippen LogP contribution in [0, 0.1) is 6.92 Å². The molecule has 0 atom stereocenters. The lowest BCUT2D eigenvalue weighted by Crippen LogP contribution is -2.02. The van der Waals surface area contributed by atoms with Crippen molar-refractivity contribution >= 4 is 28.8 Å². The molecule has 3 rings (SSSR count). The monoisotopic (exact) mass is 335 g/mol. The summed E-state index contributed by atoms with van der Waals surface area (Å²) in [7, 11) is 1.65. The molecule has 4 nitrogen and oxygen atoms in total. The van der Waals surface area contributed by atoms with E-state index in [4.69, 9.17) is 33.7 Å². The summed E-state index contributed by atoms with van der Waals surface area (Å²) in [4.78, 5) is 4.64. The molecule has 0 bridgehead atoms. The van der Waals surface area contributed by atoms with E-state index in [0.717, 1.165) is 28.3 Å². The molecule has 22 heavy (non-hydrogen) atoms. The van der Waals surface area contributed by atoms with Crippen LogP contribution in [-0.2, 0) is 6.54 Å². The molecule has 0 aliphatic carbocycles. The zero-order valence-electron chi connectivity index (χ0n) is 12.2. The Balaban J connectivity index is 2.26. The van der Waals surface area contributed by atoms with Gasteiger partial charge in [-0.25, -0.2) is 4.98 Å². The molecule has 2 aromatic heterocycles. The number of methoxy groups -OCH3 is 1. The Morgan fingerprint density at radius 2 is 2.05 bits per heavy atom. The highest BCUT2D eigenvalue weighted by Crippen LogP contribution is 2.31. The van der Waals surface area contributed by atoms with Gasteiger partial charge in [0.1, 0.15) is 5.75 Å². The first-order valence-corrected chi connectivity index (χ1v) is 7.51. The molecule has 2 N–H and O–H groups in total. The molecule has 0 saturated carbocycles. The molecule has 114 valence electrons. The van der Waals surface area contributed by atoms with Gasteiger partial charge in [0.15, 0.2) is 5.65 Å². The Bertz CT molecular complexity index is 858. The number of hydrogen-bond donors (Lipinski definition) is 1. The molecule has 0 aliphatic rings. The SMILES string of the molecule is COc1ccc(-c2nc3c(Cl)cc(Cl)cn3c2CN)cc1C. The van der Waals surface area contributed by atoms with Crippen molar-refractivity contribution in [1.29, 1.82) is 0 Å². The zero-order valence-corrected chi connectivity index (χ0v) is 13.7. The van der Waals surface area contributed by atoms with Gasteiger partial charge in [0.05, 0.1) is 28.5 Å². The van der Waals surface area contributed by atoms with E-state index < -0.39 is 0 Å². The quantitative estimate of drug-likeness (QED) is 0.784. The second-order valence-corrected chi connectivity index (χ2v) is 5.84. The number of benzene rings is 1. The first kappa shape index (κ1) is 15.2. The zero-order chi connectivity index (χ0) is 15.9. The predicted molar refractivity (Wildman–Crippen MR) is 89.8 cm³/mol. The molecule has 6 heteroatoms. The van der Waals surface area contributed by atoms with Gasteiger partial charge in [0, 0.05) is 18.3 Å². The van der Waals surface area contributed by atoms with Crippen molar-refractivity contribution in [3.8, 4) is 17.0 Å². The highest BCUT2D eigenvalue weighted by Gasteiger charge is 2.16. The fraction of sp³-hybridized carbons (Fsp3) is 0.188. The van der Waals surface area contributed by atoms with Gasteiger partial charge in [-0.15, -0.1) is 0 Å². The summed E-state index contributed by atoms with van der Waals surface area (Å²) in [5.74, 6) is 0.836. The highest BCUT2D eigenvalue weighted by atomic mass is 35.5. The molecular formula is C16H15Cl2N3O. The van der Waals surface area contributed by atoms with Crippen LogP contribution >= 0.6 is 23.2 Å². The van der Waals surface area contributed by atoms with E-state index in [0.29, 0.717) is 22.2 Å². The van der Waals surface area contributed by atoms with Crippen molar-refractivity contribution in [2.75, 3.05) is 7.11 Å². The molecule has 0 spiro atoms. The van der Waals surface area contributed by atoms with Crippen LogP contribution in [0.25, 0.3) is 16.9 Å². The minimum absolute atomic E-state index is 0.332. The van der Waals surface area contributed by atoms with E-state index in [1.165, 1.54) is 0 Å². The summed E-state index contributed by atoms with van der Waals surface area (Å²) in [5.41, 5.74) is 10.2. The predicted octanol–water partition coefficient (Wildman–Crippen LogP) is 4.08. The first-order valence-electron chi connectivity index (χ1n) is 6.76. The molecule has 0 saturated heterocycles. The second-order valence-electron chi connectivity index (χ2n) is 5.00. The van der Waals surface area contributed by atoms with Crippen LogP contribution in [-0.4, -0.2) is 16.5 Å². The maximum absolute atomic E-state index is 6.24. The number of aryl methyl sites for hydroxylation is 1. The van der Waals surface area contributed by atoms with Crippen molar-refractivity contribution in [2.45, 2.75) is 13.5 Å². The lowest BCUT2D eigenvalue weighted by molar-refractivity contribution is 0.412. The van der Waals surface area contributed by atoms with E-state index in [-0.39, 0.29) is 0 Å². The van der Waals surface area contributed by atoms with Crippen LogP contribution in [0.5, 0.6) is 5.75 Å². The van der Waals surface area contributed by atoms with Gasteiger partial charge >= 0.3 is 0 Å². The minimum atomic E-state index is 0.332. The van der Waals surface area contributed by atoms with Crippen molar-refractivity contribution in [3.05, 3.63) is 51.8 Å². The Hall–Kier alpha value is -1.75. The summed E-state index contributed by atoms with van der Waals surface area (Å²) in [6.07, 6.45) is 1.78. The van der Waals surface area contributed by atoms with E-state index in [1.807, 2.05) is 29.5 Å². The van der Waals surface area contributed by atoms with E-state index >= 15 is 0 Å². The van der Waals surface area contributed by atoms with Gasteiger partial charge < -0.3 is 10.5 Å². The third-order valence-corrected chi connectivity index (χ3v) is 4.09. The van der Waals surface area contributed by atoms with Crippen LogP contribution in [0.3, 0.4) is 0 Å². The van der Waals surface area contributed by atoms with Crippen LogP contribution in [0.15, 0.2) is 30.5 Å². The smallest absolute Gasteiger partial charge is 0.156 e. The number of imidazole rings is 1. The number of aromatic nitrogens is 2. The molecule has 0 unspecified atom stereocenters. The fourth-order valence-corrected chi connectivity index (χ4v) is 3.09. The van der Waals surface area contributed by atoms with Crippen molar-refractivity contribution in [1.82, 2.24) is 9.38 Å². The fourth-order valence-electron chi connectivity index (χ4n) is 2.57. The normalized spacial score (nSPS) is 11.1. The summed E-state index contributed by atoms with van der Waals surface area (Å²) in [5, 5.41) is 1.04. The number of fused-ring (bicyclic) bond motifs is 1. The Morgan fingerprint density at radius 3 is 2.68 bits per heavy atom. The van der Waals surface area contributed by atoms with E-state index in [2.05, 4.69) is 4.98 Å².